The van der Waals surface area contributed by atoms with Crippen LogP contribution in [0.5, 0.6) is 0 Å². The molecule has 0 aliphatic rings. The molecule has 0 aromatic carbocycles. The van der Waals surface area contributed by atoms with Gasteiger partial charge in [-0.1, -0.05) is 29.7 Å². The Kier molecular flexibility index (Phi) is 22.0. The molecule has 0 aromatic heterocycles. The van der Waals surface area contributed by atoms with E-state index < -0.39 is 33.8 Å². The molecule has 0 spiro atoms. The van der Waals surface area contributed by atoms with E-state index in [0.717, 1.165) is 25.6 Å². The van der Waals surface area contributed by atoms with Crippen molar-refractivity contribution in [1.82, 2.24) is 5.32 Å². The van der Waals surface area contributed by atoms with E-state index in [1.165, 1.54) is 0 Å². The number of nitrogens with two attached hydrogens (primary N) is 1. The third-order valence-electron chi connectivity index (χ3n) is 2.84. The summed E-state index contributed by atoms with van der Waals surface area (Å²) in [6.07, 6.45) is 1.06. The lowest BCUT2D eigenvalue weighted by Crippen LogP contribution is -2.56. The summed E-state index contributed by atoms with van der Waals surface area (Å²) in [7, 11) is -7.66. The van der Waals surface area contributed by atoms with Gasteiger partial charge in [0.1, 0.15) is 0 Å². The van der Waals surface area contributed by atoms with Gasteiger partial charge in [-0.05, 0) is 77.9 Å². The molecule has 0 saturated heterocycles. The summed E-state index contributed by atoms with van der Waals surface area (Å²) in [6, 6.07) is 1.00. The summed E-state index contributed by atoms with van der Waals surface area (Å²) in [5, 5.41) is 3.36. The molecule has 172 valence electrons. The molecular formula is C18H56N2O3Si4. The Morgan fingerprint density at radius 2 is 1.11 bits per heavy atom. The minimum Gasteiger partial charge on any atom is -0.437 e. The Morgan fingerprint density at radius 1 is 0.667 bits per heavy atom. The molecule has 0 saturated carbocycles. The standard InChI is InChI=1S/C14H40N2O3Si4.4CH4/c1-20(2,3)17-22(7,8)19-23(9,18-21(4,5)6)14-10-12-16-13-11-15;;;;/h16H,10-15H2,1-9H3;4*1H4. The van der Waals surface area contributed by atoms with Gasteiger partial charge in [0.05, 0.1) is 0 Å². The molecular weight excluding hydrogens is 405 g/mol. The zero-order valence-electron chi connectivity index (χ0n) is 16.8. The third-order valence-corrected chi connectivity index (χ3v) is 16.4. The van der Waals surface area contributed by atoms with Crippen molar-refractivity contribution in [1.29, 1.82) is 0 Å². The van der Waals surface area contributed by atoms with E-state index in [-0.39, 0.29) is 29.7 Å². The summed E-state index contributed by atoms with van der Waals surface area (Å²) in [6.45, 7) is 22.4. The van der Waals surface area contributed by atoms with Gasteiger partial charge >= 0.3 is 17.1 Å². The molecule has 1 unspecified atom stereocenters. The van der Waals surface area contributed by atoms with Gasteiger partial charge in [0, 0.05) is 13.1 Å². The Bertz CT molecular complexity index is 348. The maximum absolute atomic E-state index is 6.63. The summed E-state index contributed by atoms with van der Waals surface area (Å²) in [5.41, 5.74) is 5.52. The van der Waals surface area contributed by atoms with Gasteiger partial charge < -0.3 is 23.4 Å². The number of rotatable bonds is 12. The normalized spacial score (nSPS) is 14.0. The highest BCUT2D eigenvalue weighted by Gasteiger charge is 2.44. The Morgan fingerprint density at radius 3 is 1.48 bits per heavy atom. The monoisotopic (exact) mass is 460 g/mol. The van der Waals surface area contributed by atoms with Crippen molar-refractivity contribution in [2.24, 2.45) is 5.73 Å². The lowest BCUT2D eigenvalue weighted by Gasteiger charge is -2.41. The highest BCUT2D eigenvalue weighted by Crippen LogP contribution is 2.27. The van der Waals surface area contributed by atoms with Crippen LogP contribution in [-0.4, -0.2) is 53.4 Å². The van der Waals surface area contributed by atoms with Crippen LogP contribution in [0.2, 0.25) is 65.0 Å². The molecule has 27 heavy (non-hydrogen) atoms. The highest BCUT2D eigenvalue weighted by atomic mass is 28.5. The number of nitrogens with one attached hydrogen (secondary N) is 1. The predicted molar refractivity (Wildman–Crippen MR) is 137 cm³/mol. The van der Waals surface area contributed by atoms with Crippen LogP contribution in [0.15, 0.2) is 0 Å². The highest BCUT2D eigenvalue weighted by molar-refractivity contribution is 6.89. The molecule has 0 fully saturated rings. The molecule has 0 aliphatic heterocycles. The lowest BCUT2D eigenvalue weighted by atomic mass is 10.5. The lowest BCUT2D eigenvalue weighted by molar-refractivity contribution is 0.322. The molecule has 0 bridgehead atoms. The van der Waals surface area contributed by atoms with Crippen LogP contribution in [-0.2, 0) is 12.3 Å². The second kappa shape index (κ2) is 15.5. The van der Waals surface area contributed by atoms with E-state index in [2.05, 4.69) is 64.2 Å². The summed E-state index contributed by atoms with van der Waals surface area (Å²) >= 11 is 0. The van der Waals surface area contributed by atoms with Crippen LogP contribution in [0, 0.1) is 0 Å². The predicted octanol–water partition coefficient (Wildman–Crippen LogP) is 5.96. The van der Waals surface area contributed by atoms with E-state index in [4.69, 9.17) is 18.1 Å². The van der Waals surface area contributed by atoms with Gasteiger partial charge in [-0.2, -0.15) is 0 Å². The molecule has 0 rings (SSSR count). The smallest absolute Gasteiger partial charge is 0.315 e. The zero-order chi connectivity index (χ0) is 18.4. The van der Waals surface area contributed by atoms with Crippen molar-refractivity contribution in [3.05, 3.63) is 0 Å². The molecule has 0 heterocycles. The van der Waals surface area contributed by atoms with E-state index in [0.29, 0.717) is 6.54 Å². The first-order chi connectivity index (χ1) is 10.2. The quantitative estimate of drug-likeness (QED) is 0.278. The largest absolute Gasteiger partial charge is 0.437 e. The number of hydrogen-bond acceptors (Lipinski definition) is 5. The molecule has 9 heteroatoms. The zero-order valence-corrected chi connectivity index (χ0v) is 20.8. The molecule has 1 atom stereocenters. The van der Waals surface area contributed by atoms with Crippen molar-refractivity contribution in [3.63, 3.8) is 0 Å². The van der Waals surface area contributed by atoms with E-state index in [1.54, 1.807) is 0 Å². The van der Waals surface area contributed by atoms with Crippen molar-refractivity contribution in [3.8, 4) is 0 Å². The fraction of sp³-hybridized carbons (Fsp3) is 1.00. The van der Waals surface area contributed by atoms with E-state index in [9.17, 15) is 0 Å². The minimum absolute atomic E-state index is 0. The second-order valence-corrected chi connectivity index (χ2v) is 25.2. The Balaban J connectivity index is -0.000000403. The minimum atomic E-state index is -2.23. The first-order valence-electron chi connectivity index (χ1n) is 8.69. The number of hydrogen-bond donors (Lipinski definition) is 2. The van der Waals surface area contributed by atoms with E-state index >= 15 is 0 Å². The van der Waals surface area contributed by atoms with Crippen molar-refractivity contribution in [2.45, 2.75) is 101 Å². The van der Waals surface area contributed by atoms with Crippen LogP contribution in [0.4, 0.5) is 0 Å². The van der Waals surface area contributed by atoms with E-state index in [1.807, 2.05) is 0 Å². The van der Waals surface area contributed by atoms with Gasteiger partial charge in [-0.15, -0.1) is 0 Å². The fourth-order valence-electron chi connectivity index (χ4n) is 2.81. The SMILES string of the molecule is C.C.C.C.C[Si](C)(C)O[Si](C)(C)O[Si](C)(CCCNCCN)O[Si](C)(C)C. The van der Waals surface area contributed by atoms with Crippen LogP contribution in [0.25, 0.3) is 0 Å². The molecule has 0 radical (unpaired) electrons. The summed E-state index contributed by atoms with van der Waals surface area (Å²) in [5.74, 6) is 0. The van der Waals surface area contributed by atoms with Gasteiger partial charge in [-0.25, -0.2) is 0 Å². The third kappa shape index (κ3) is 22.8. The first kappa shape index (κ1) is 38.3. The molecule has 0 amide bonds. The summed E-state index contributed by atoms with van der Waals surface area (Å²) < 4.78 is 19.6. The average molecular weight is 461 g/mol. The molecule has 3 N–H and O–H groups in total. The average Bonchev–Trinajstić information content (AvgIpc) is 2.20. The second-order valence-electron chi connectivity index (χ2n) is 8.71. The van der Waals surface area contributed by atoms with Crippen molar-refractivity contribution in [2.75, 3.05) is 19.6 Å². The van der Waals surface area contributed by atoms with Crippen LogP contribution < -0.4 is 11.1 Å². The van der Waals surface area contributed by atoms with Crippen LogP contribution in [0.3, 0.4) is 0 Å². The maximum Gasteiger partial charge on any atom is 0.315 e. The van der Waals surface area contributed by atoms with Crippen molar-refractivity contribution >= 4 is 33.8 Å². The van der Waals surface area contributed by atoms with Gasteiger partial charge in [-0.3, -0.25) is 0 Å². The van der Waals surface area contributed by atoms with Crippen LogP contribution >= 0.6 is 0 Å². The molecule has 0 aliphatic carbocycles. The van der Waals surface area contributed by atoms with Gasteiger partial charge in [0.2, 0.25) is 0 Å². The molecule has 5 nitrogen and oxygen atoms in total. The van der Waals surface area contributed by atoms with Crippen molar-refractivity contribution < 1.29 is 12.3 Å². The van der Waals surface area contributed by atoms with Gasteiger partial charge in [0.25, 0.3) is 0 Å². The topological polar surface area (TPSA) is 65.7 Å². The Hall–Kier alpha value is 0.668. The maximum atomic E-state index is 6.63. The van der Waals surface area contributed by atoms with Gasteiger partial charge in [0.15, 0.2) is 16.6 Å². The summed E-state index contributed by atoms with van der Waals surface area (Å²) in [4.78, 5) is 0. The first-order valence-corrected chi connectivity index (χ1v) is 20.9. The fourth-order valence-corrected chi connectivity index (χ4v) is 20.8. The van der Waals surface area contributed by atoms with Crippen LogP contribution in [0.1, 0.15) is 36.1 Å². The Labute approximate surface area is 177 Å². The molecule has 0 aromatic rings.